The minimum atomic E-state index is -0.582. The van der Waals surface area contributed by atoms with Crippen molar-refractivity contribution in [3.8, 4) is 12.1 Å². The van der Waals surface area contributed by atoms with Crippen molar-refractivity contribution in [3.05, 3.63) is 45.0 Å². The molecule has 1 aromatic heterocycles. The van der Waals surface area contributed by atoms with E-state index >= 15 is 0 Å². The first-order chi connectivity index (χ1) is 10.6. The minimum absolute atomic E-state index is 0.0998. The van der Waals surface area contributed by atoms with Crippen LogP contribution in [-0.4, -0.2) is 14.5 Å². The number of hydrogen-bond donors (Lipinski definition) is 0. The predicted molar refractivity (Wildman–Crippen MR) is 76.6 cm³/mol. The quantitative estimate of drug-likeness (QED) is 0.611. The Morgan fingerprint density at radius 1 is 1.41 bits per heavy atom. The van der Waals surface area contributed by atoms with Crippen LogP contribution in [0.1, 0.15) is 12.8 Å². The molecule has 0 saturated heterocycles. The van der Waals surface area contributed by atoms with Crippen molar-refractivity contribution in [1.82, 2.24) is 9.55 Å². The smallest absolute Gasteiger partial charge is 0.270 e. The Hall–Kier alpha value is -3.26. The zero-order valence-electron chi connectivity index (χ0n) is 11.5. The summed E-state index contributed by atoms with van der Waals surface area (Å²) >= 11 is 0. The number of nitrogens with zero attached hydrogens (tertiary/aromatic N) is 5. The van der Waals surface area contributed by atoms with Crippen molar-refractivity contribution >= 4 is 16.6 Å². The van der Waals surface area contributed by atoms with Crippen LogP contribution in [0.4, 0.5) is 5.69 Å². The van der Waals surface area contributed by atoms with Crippen LogP contribution in [0.2, 0.25) is 0 Å². The van der Waals surface area contributed by atoms with Gasteiger partial charge in [-0.05, 0) is 12.5 Å². The van der Waals surface area contributed by atoms with Crippen LogP contribution in [0, 0.1) is 38.7 Å². The third-order valence-electron chi connectivity index (χ3n) is 3.22. The third-order valence-corrected chi connectivity index (χ3v) is 3.22. The first kappa shape index (κ1) is 15.1. The Morgan fingerprint density at radius 3 is 2.82 bits per heavy atom. The summed E-state index contributed by atoms with van der Waals surface area (Å²) in [5.41, 5.74) is -0.270. The molecular formula is C14H11N5O3. The van der Waals surface area contributed by atoms with Crippen LogP contribution in [0.15, 0.2) is 29.3 Å². The van der Waals surface area contributed by atoms with Gasteiger partial charge in [0.2, 0.25) is 0 Å². The first-order valence-electron chi connectivity index (χ1n) is 6.47. The molecule has 0 saturated carbocycles. The lowest BCUT2D eigenvalue weighted by molar-refractivity contribution is -0.384. The van der Waals surface area contributed by atoms with Gasteiger partial charge in [-0.25, -0.2) is 4.98 Å². The lowest BCUT2D eigenvalue weighted by Crippen LogP contribution is -2.24. The standard InChI is InChI=1S/C14H11N5O3/c15-5-1-2-10(7-16)8-18-9-17-13-4-3-11(19(21)22)6-12(13)14(18)20/h3-4,6,9-10H,1-2,8H2. The molecule has 110 valence electrons. The van der Waals surface area contributed by atoms with Crippen molar-refractivity contribution < 1.29 is 4.92 Å². The molecule has 2 rings (SSSR count). The Labute approximate surface area is 125 Å². The summed E-state index contributed by atoms with van der Waals surface area (Å²) in [6, 6.07) is 7.87. The van der Waals surface area contributed by atoms with Gasteiger partial charge in [-0.2, -0.15) is 10.5 Å². The van der Waals surface area contributed by atoms with E-state index in [9.17, 15) is 14.9 Å². The lowest BCUT2D eigenvalue weighted by Gasteiger charge is -2.10. The SMILES string of the molecule is N#CCCC(C#N)Cn1cnc2ccc([N+](=O)[O-])cc2c1=O. The van der Waals surface area contributed by atoms with Gasteiger partial charge in [-0.1, -0.05) is 0 Å². The molecule has 1 unspecified atom stereocenters. The van der Waals surface area contributed by atoms with Crippen molar-refractivity contribution in [1.29, 1.82) is 10.5 Å². The van der Waals surface area contributed by atoms with E-state index in [2.05, 4.69) is 4.98 Å². The number of nitro groups is 1. The number of nitriles is 2. The highest BCUT2D eigenvalue weighted by Gasteiger charge is 2.13. The van der Waals surface area contributed by atoms with Crippen LogP contribution in [0.5, 0.6) is 0 Å². The van der Waals surface area contributed by atoms with Crippen molar-refractivity contribution in [3.63, 3.8) is 0 Å². The largest absolute Gasteiger partial charge is 0.297 e. The molecule has 0 fully saturated rings. The zero-order chi connectivity index (χ0) is 16.1. The highest BCUT2D eigenvalue weighted by Crippen LogP contribution is 2.16. The normalized spacial score (nSPS) is 11.5. The zero-order valence-corrected chi connectivity index (χ0v) is 11.5. The minimum Gasteiger partial charge on any atom is -0.297 e. The molecule has 0 N–H and O–H groups in total. The van der Waals surface area contributed by atoms with E-state index in [1.54, 1.807) is 0 Å². The summed E-state index contributed by atoms with van der Waals surface area (Å²) in [4.78, 5) is 26.6. The summed E-state index contributed by atoms with van der Waals surface area (Å²) in [7, 11) is 0. The molecule has 1 atom stereocenters. The molecule has 0 bridgehead atoms. The van der Waals surface area contributed by atoms with Crippen LogP contribution in [0.25, 0.3) is 10.9 Å². The fourth-order valence-corrected chi connectivity index (χ4v) is 2.06. The third kappa shape index (κ3) is 3.07. The van der Waals surface area contributed by atoms with Crippen molar-refractivity contribution in [2.45, 2.75) is 19.4 Å². The summed E-state index contributed by atoms with van der Waals surface area (Å²) in [6.45, 7) is 0.0998. The highest BCUT2D eigenvalue weighted by atomic mass is 16.6. The van der Waals surface area contributed by atoms with E-state index < -0.39 is 16.4 Å². The summed E-state index contributed by atoms with van der Waals surface area (Å²) in [5.74, 6) is -0.490. The van der Waals surface area contributed by atoms with Gasteiger partial charge in [0.25, 0.3) is 11.2 Å². The van der Waals surface area contributed by atoms with Gasteiger partial charge >= 0.3 is 0 Å². The molecule has 0 aliphatic carbocycles. The van der Waals surface area contributed by atoms with E-state index in [1.165, 1.54) is 29.1 Å². The molecule has 0 aliphatic rings. The Morgan fingerprint density at radius 2 is 2.18 bits per heavy atom. The lowest BCUT2D eigenvalue weighted by atomic mass is 10.1. The monoisotopic (exact) mass is 297 g/mol. The molecule has 1 aromatic carbocycles. The van der Waals surface area contributed by atoms with Gasteiger partial charge in [0.05, 0.1) is 40.2 Å². The molecule has 8 heteroatoms. The number of hydrogen-bond acceptors (Lipinski definition) is 6. The maximum Gasteiger partial charge on any atom is 0.270 e. The Balaban J connectivity index is 2.42. The molecule has 0 aliphatic heterocycles. The second kappa shape index (κ2) is 6.46. The number of rotatable bonds is 5. The Kier molecular flexibility index (Phi) is 4.44. The first-order valence-corrected chi connectivity index (χ1v) is 6.47. The molecule has 0 spiro atoms. The van der Waals surface area contributed by atoms with Gasteiger partial charge < -0.3 is 0 Å². The van der Waals surface area contributed by atoms with E-state index in [4.69, 9.17) is 10.5 Å². The average molecular weight is 297 g/mol. The molecule has 0 amide bonds. The summed E-state index contributed by atoms with van der Waals surface area (Å²) in [6.07, 6.45) is 1.89. The Bertz CT molecular complexity index is 859. The van der Waals surface area contributed by atoms with Crippen LogP contribution < -0.4 is 5.56 Å². The maximum atomic E-state index is 12.4. The fourth-order valence-electron chi connectivity index (χ4n) is 2.06. The van der Waals surface area contributed by atoms with Crippen LogP contribution >= 0.6 is 0 Å². The summed E-state index contributed by atoms with van der Waals surface area (Å²) in [5, 5.41) is 28.5. The van der Waals surface area contributed by atoms with E-state index in [0.717, 1.165) is 0 Å². The van der Waals surface area contributed by atoms with Gasteiger partial charge in [0.1, 0.15) is 0 Å². The maximum absolute atomic E-state index is 12.4. The predicted octanol–water partition coefficient (Wildman–Crippen LogP) is 1.75. The van der Waals surface area contributed by atoms with E-state index in [-0.39, 0.29) is 24.0 Å². The molecule has 1 heterocycles. The average Bonchev–Trinajstić information content (AvgIpc) is 2.53. The second-order valence-corrected chi connectivity index (χ2v) is 4.68. The molecule has 0 radical (unpaired) electrons. The number of aromatic nitrogens is 2. The fraction of sp³-hybridized carbons (Fsp3) is 0.286. The van der Waals surface area contributed by atoms with Gasteiger partial charge in [0, 0.05) is 25.1 Å². The highest BCUT2D eigenvalue weighted by molar-refractivity contribution is 5.79. The van der Waals surface area contributed by atoms with Gasteiger partial charge in [0.15, 0.2) is 0 Å². The van der Waals surface area contributed by atoms with E-state index in [1.807, 2.05) is 12.1 Å². The van der Waals surface area contributed by atoms with Gasteiger partial charge in [-0.3, -0.25) is 19.5 Å². The molecule has 8 nitrogen and oxygen atoms in total. The van der Waals surface area contributed by atoms with E-state index in [0.29, 0.717) is 11.9 Å². The topological polar surface area (TPSA) is 126 Å². The van der Waals surface area contributed by atoms with Gasteiger partial charge in [-0.15, -0.1) is 0 Å². The number of benzene rings is 1. The van der Waals surface area contributed by atoms with Crippen molar-refractivity contribution in [2.24, 2.45) is 5.92 Å². The number of fused-ring (bicyclic) bond motifs is 1. The molecule has 22 heavy (non-hydrogen) atoms. The van der Waals surface area contributed by atoms with Crippen LogP contribution in [-0.2, 0) is 6.54 Å². The van der Waals surface area contributed by atoms with Crippen molar-refractivity contribution in [2.75, 3.05) is 0 Å². The number of non-ortho nitro benzene ring substituents is 1. The molecule has 2 aromatic rings. The number of nitro benzene ring substituents is 1. The second-order valence-electron chi connectivity index (χ2n) is 4.68. The summed E-state index contributed by atoms with van der Waals surface area (Å²) < 4.78 is 1.25. The molecular weight excluding hydrogens is 286 g/mol. The van der Waals surface area contributed by atoms with Crippen LogP contribution in [0.3, 0.4) is 0 Å².